The number of H-pyrrole nitrogens is 1. The summed E-state index contributed by atoms with van der Waals surface area (Å²) in [5.74, 6) is 0.503. The average Bonchev–Trinajstić information content (AvgIpc) is 2.78. The zero-order chi connectivity index (χ0) is 24.5. The number of hydrogen-bond acceptors (Lipinski definition) is 4. The van der Waals surface area contributed by atoms with Crippen LogP contribution in [0.4, 0.5) is 18.9 Å². The highest BCUT2D eigenvalue weighted by atomic mass is 32.2. The topological polar surface area (TPSA) is 88.3 Å². The van der Waals surface area contributed by atoms with Crippen LogP contribution in [0.5, 0.6) is 5.75 Å². The Morgan fingerprint density at radius 3 is 2.32 bits per heavy atom. The lowest BCUT2D eigenvalue weighted by Gasteiger charge is -2.12. The smallest absolute Gasteiger partial charge is 0.417 e. The molecule has 176 valence electrons. The number of nitrogens with one attached hydrogen (secondary N) is 2. The lowest BCUT2D eigenvalue weighted by molar-refractivity contribution is -0.136. The van der Waals surface area contributed by atoms with Gasteiger partial charge in [-0.15, -0.1) is 0 Å². The summed E-state index contributed by atoms with van der Waals surface area (Å²) >= 11 is 0. The molecule has 1 heterocycles. The second kappa shape index (κ2) is 8.86. The van der Waals surface area contributed by atoms with Crippen LogP contribution in [0.25, 0.3) is 10.9 Å². The van der Waals surface area contributed by atoms with Crippen LogP contribution >= 0.6 is 0 Å². The van der Waals surface area contributed by atoms with Gasteiger partial charge in [0.05, 0.1) is 23.3 Å². The summed E-state index contributed by atoms with van der Waals surface area (Å²) in [5.41, 5.74) is -0.107. The van der Waals surface area contributed by atoms with Gasteiger partial charge in [0.15, 0.2) is 0 Å². The number of alkyl halides is 3. The third kappa shape index (κ3) is 5.07. The zero-order valence-electron chi connectivity index (χ0n) is 17.8. The van der Waals surface area contributed by atoms with Crippen LogP contribution in [0.2, 0.25) is 0 Å². The van der Waals surface area contributed by atoms with Crippen molar-refractivity contribution < 1.29 is 26.3 Å². The minimum Gasteiger partial charge on any atom is -0.497 e. The molecule has 0 atom stereocenters. The number of methoxy groups -OCH3 is 1. The normalized spacial score (nSPS) is 12.0. The second-order valence-electron chi connectivity index (χ2n) is 7.58. The van der Waals surface area contributed by atoms with E-state index in [1.165, 1.54) is 31.4 Å². The number of anilines is 1. The molecule has 0 fully saturated rings. The van der Waals surface area contributed by atoms with Gasteiger partial charge in [-0.3, -0.25) is 9.52 Å². The predicted molar refractivity (Wildman–Crippen MR) is 123 cm³/mol. The molecule has 4 rings (SSSR count). The van der Waals surface area contributed by atoms with Crippen molar-refractivity contribution in [3.05, 3.63) is 99.8 Å². The third-order valence-corrected chi connectivity index (χ3v) is 6.57. The molecule has 3 aromatic carbocycles. The fourth-order valence-electron chi connectivity index (χ4n) is 3.57. The van der Waals surface area contributed by atoms with E-state index in [0.29, 0.717) is 28.6 Å². The van der Waals surface area contributed by atoms with Gasteiger partial charge in [-0.05, 0) is 53.9 Å². The number of sulfonamides is 1. The highest BCUT2D eigenvalue weighted by Gasteiger charge is 2.33. The number of aromatic nitrogens is 1. The quantitative estimate of drug-likeness (QED) is 0.402. The molecule has 0 aliphatic heterocycles. The van der Waals surface area contributed by atoms with Crippen LogP contribution < -0.4 is 15.0 Å². The summed E-state index contributed by atoms with van der Waals surface area (Å²) in [6.45, 7) is 0. The van der Waals surface area contributed by atoms with Crippen molar-refractivity contribution in [2.75, 3.05) is 11.8 Å². The molecule has 0 amide bonds. The summed E-state index contributed by atoms with van der Waals surface area (Å²) in [6.07, 6.45) is -4.40. The van der Waals surface area contributed by atoms with E-state index in [4.69, 9.17) is 4.74 Å². The van der Waals surface area contributed by atoms with Crippen LogP contribution in [0, 0.1) is 0 Å². The Kier molecular flexibility index (Phi) is 6.09. The lowest BCUT2D eigenvalue weighted by Crippen LogP contribution is -2.14. The molecule has 0 radical (unpaired) electrons. The molecular formula is C24H19F3N2O4S. The third-order valence-electron chi connectivity index (χ3n) is 5.18. The maximum Gasteiger partial charge on any atom is 0.417 e. The Balaban J connectivity index is 1.58. The first-order valence-electron chi connectivity index (χ1n) is 10.0. The van der Waals surface area contributed by atoms with Crippen LogP contribution in [-0.4, -0.2) is 20.5 Å². The number of pyridine rings is 1. The van der Waals surface area contributed by atoms with Crippen molar-refractivity contribution >= 4 is 26.6 Å². The molecule has 10 heteroatoms. The molecule has 34 heavy (non-hydrogen) atoms. The molecule has 1 aromatic heterocycles. The Bertz CT molecular complexity index is 1510. The summed E-state index contributed by atoms with van der Waals surface area (Å²) < 4.78 is 73.1. The highest BCUT2D eigenvalue weighted by molar-refractivity contribution is 7.92. The molecule has 4 aromatic rings. The summed E-state index contributed by atoms with van der Waals surface area (Å²) in [4.78, 5) is 14.0. The number of benzene rings is 3. The molecule has 0 spiro atoms. The molecule has 6 nitrogen and oxygen atoms in total. The average molecular weight is 488 g/mol. The first-order chi connectivity index (χ1) is 16.0. The number of rotatable bonds is 6. The van der Waals surface area contributed by atoms with Gasteiger partial charge in [-0.1, -0.05) is 24.3 Å². The van der Waals surface area contributed by atoms with Gasteiger partial charge in [0.1, 0.15) is 5.75 Å². The van der Waals surface area contributed by atoms with Crippen LogP contribution in [0.3, 0.4) is 0 Å². The van der Waals surface area contributed by atoms with Crippen molar-refractivity contribution in [3.63, 3.8) is 0 Å². The Labute approximate surface area is 193 Å². The van der Waals surface area contributed by atoms with E-state index >= 15 is 0 Å². The molecule has 0 aliphatic rings. The number of ether oxygens (including phenoxy) is 1. The van der Waals surface area contributed by atoms with Crippen molar-refractivity contribution in [2.45, 2.75) is 17.5 Å². The Morgan fingerprint density at radius 1 is 0.941 bits per heavy atom. The molecule has 0 saturated carbocycles. The van der Waals surface area contributed by atoms with Crippen molar-refractivity contribution in [2.24, 2.45) is 0 Å². The van der Waals surface area contributed by atoms with Gasteiger partial charge < -0.3 is 9.72 Å². The van der Waals surface area contributed by atoms with Crippen molar-refractivity contribution in [1.82, 2.24) is 4.98 Å². The Hall–Kier alpha value is -3.79. The molecule has 2 N–H and O–H groups in total. The van der Waals surface area contributed by atoms with Gasteiger partial charge in [-0.25, -0.2) is 8.42 Å². The Morgan fingerprint density at radius 2 is 1.65 bits per heavy atom. The van der Waals surface area contributed by atoms with Crippen LogP contribution in [0.15, 0.2) is 82.5 Å². The van der Waals surface area contributed by atoms with E-state index in [9.17, 15) is 26.4 Å². The van der Waals surface area contributed by atoms with Gasteiger partial charge in [0.25, 0.3) is 10.0 Å². The van der Waals surface area contributed by atoms with E-state index < -0.39 is 27.3 Å². The van der Waals surface area contributed by atoms with E-state index in [0.717, 1.165) is 0 Å². The zero-order valence-corrected chi connectivity index (χ0v) is 18.6. The van der Waals surface area contributed by atoms with Crippen molar-refractivity contribution in [1.29, 1.82) is 0 Å². The first kappa shape index (κ1) is 23.4. The SMILES string of the molecule is COc1cccc(NS(=O)(=O)c2ccc(Cc3ccc4[nH]c(=O)cc(C(F)(F)F)c4c3)cc2)c1. The van der Waals surface area contributed by atoms with E-state index in [1.807, 2.05) is 0 Å². The standard InChI is InChI=1S/C24H19F3N2O4S/c1-33-18-4-2-3-17(13-18)29-34(31,32)19-8-5-15(6-9-19)11-16-7-10-22-20(12-16)21(24(25,26)27)14-23(30)28-22/h2-10,12-14,29H,11H2,1H3,(H,28,30). The number of fused-ring (bicyclic) bond motifs is 1. The second-order valence-corrected chi connectivity index (χ2v) is 9.27. The minimum absolute atomic E-state index is 0.0366. The first-order valence-corrected chi connectivity index (χ1v) is 11.5. The van der Waals surface area contributed by atoms with Gasteiger partial charge in [-0.2, -0.15) is 13.2 Å². The van der Waals surface area contributed by atoms with Gasteiger partial charge in [0.2, 0.25) is 5.56 Å². The van der Waals surface area contributed by atoms with Crippen LogP contribution in [-0.2, 0) is 22.6 Å². The van der Waals surface area contributed by atoms with Gasteiger partial charge >= 0.3 is 6.18 Å². The molecule has 0 aliphatic carbocycles. The predicted octanol–water partition coefficient (Wildman–Crippen LogP) is 4.95. The fraction of sp³-hybridized carbons (Fsp3) is 0.125. The van der Waals surface area contributed by atoms with Crippen LogP contribution in [0.1, 0.15) is 16.7 Å². The maximum absolute atomic E-state index is 13.4. The number of hydrogen-bond donors (Lipinski definition) is 2. The molecular weight excluding hydrogens is 469 g/mol. The maximum atomic E-state index is 13.4. The minimum atomic E-state index is -4.67. The fourth-order valence-corrected chi connectivity index (χ4v) is 4.62. The van der Waals surface area contributed by atoms with Crippen molar-refractivity contribution in [3.8, 4) is 5.75 Å². The molecule has 0 saturated heterocycles. The monoisotopic (exact) mass is 488 g/mol. The lowest BCUT2D eigenvalue weighted by atomic mass is 10.0. The summed E-state index contributed by atoms with van der Waals surface area (Å²) in [7, 11) is -2.37. The molecule has 0 unspecified atom stereocenters. The van der Waals surface area contributed by atoms with E-state index in [2.05, 4.69) is 9.71 Å². The highest BCUT2D eigenvalue weighted by Crippen LogP contribution is 2.33. The van der Waals surface area contributed by atoms with E-state index in [1.54, 1.807) is 42.5 Å². The molecule has 0 bridgehead atoms. The largest absolute Gasteiger partial charge is 0.497 e. The summed E-state index contributed by atoms with van der Waals surface area (Å²) in [5, 5.41) is -0.105. The number of halogens is 3. The van der Waals surface area contributed by atoms with E-state index in [-0.39, 0.29) is 22.2 Å². The number of aromatic amines is 1. The summed E-state index contributed by atoms with van der Waals surface area (Å²) in [6, 6.07) is 17.5. The van der Waals surface area contributed by atoms with Gasteiger partial charge in [0, 0.05) is 23.0 Å².